The number of carbonyl (C=O) groups excluding carboxylic acids is 2. The fourth-order valence-corrected chi connectivity index (χ4v) is 2.09. The van der Waals surface area contributed by atoms with Gasteiger partial charge in [-0.25, -0.2) is 4.39 Å². The molecule has 0 saturated heterocycles. The molecule has 0 atom stereocenters. The second kappa shape index (κ2) is 8.67. The summed E-state index contributed by atoms with van der Waals surface area (Å²) in [5.74, 6) is -0.800. The van der Waals surface area contributed by atoms with Gasteiger partial charge < -0.3 is 15.4 Å². The maximum absolute atomic E-state index is 13.5. The van der Waals surface area contributed by atoms with Gasteiger partial charge in [0.15, 0.2) is 0 Å². The summed E-state index contributed by atoms with van der Waals surface area (Å²) in [6.07, 6.45) is -0.352. The van der Waals surface area contributed by atoms with Crippen molar-refractivity contribution >= 4 is 17.5 Å². The Morgan fingerprint density at radius 2 is 1.75 bits per heavy atom. The molecule has 2 rings (SSSR count). The fraction of sp³-hybridized carbons (Fsp3) is 0.222. The molecule has 0 aromatic heterocycles. The van der Waals surface area contributed by atoms with Crippen LogP contribution in [0.5, 0.6) is 5.75 Å². The lowest BCUT2D eigenvalue weighted by Crippen LogP contribution is -2.28. The van der Waals surface area contributed by atoms with Crippen LogP contribution in [0, 0.1) is 5.82 Å². The van der Waals surface area contributed by atoms with E-state index in [1.54, 1.807) is 42.5 Å². The van der Waals surface area contributed by atoms with E-state index in [1.165, 1.54) is 6.07 Å². The first-order chi connectivity index (χ1) is 11.6. The average molecular weight is 330 g/mol. The highest BCUT2D eigenvalue weighted by molar-refractivity contribution is 6.04. The van der Waals surface area contributed by atoms with Gasteiger partial charge in [-0.3, -0.25) is 9.59 Å². The molecule has 2 amide bonds. The van der Waals surface area contributed by atoms with E-state index in [4.69, 9.17) is 4.74 Å². The van der Waals surface area contributed by atoms with E-state index in [1.807, 2.05) is 6.92 Å². The summed E-state index contributed by atoms with van der Waals surface area (Å²) >= 11 is 0. The molecule has 0 fully saturated rings. The number of benzene rings is 2. The van der Waals surface area contributed by atoms with E-state index in [0.29, 0.717) is 23.6 Å². The number of amides is 2. The molecule has 2 N–H and O–H groups in total. The molecule has 0 bridgehead atoms. The van der Waals surface area contributed by atoms with Crippen molar-refractivity contribution in [3.05, 3.63) is 59.9 Å². The third-order valence-electron chi connectivity index (χ3n) is 3.22. The normalized spacial score (nSPS) is 10.1. The van der Waals surface area contributed by atoms with Crippen LogP contribution < -0.4 is 15.4 Å². The SMILES string of the molecule is CCOc1ccccc1NC(=O)CC(=O)NCc1ccccc1F. The maximum Gasteiger partial charge on any atom is 0.233 e. The molecule has 24 heavy (non-hydrogen) atoms. The van der Waals surface area contributed by atoms with Crippen LogP contribution in [0.4, 0.5) is 10.1 Å². The number of anilines is 1. The molecule has 0 aliphatic carbocycles. The van der Waals surface area contributed by atoms with Crippen molar-refractivity contribution in [2.75, 3.05) is 11.9 Å². The number of ether oxygens (including phenoxy) is 1. The Morgan fingerprint density at radius 3 is 2.50 bits per heavy atom. The van der Waals surface area contributed by atoms with Gasteiger partial charge in [0, 0.05) is 12.1 Å². The highest BCUT2D eigenvalue weighted by Gasteiger charge is 2.12. The zero-order valence-corrected chi connectivity index (χ0v) is 13.3. The van der Waals surface area contributed by atoms with E-state index in [0.717, 1.165) is 0 Å². The lowest BCUT2D eigenvalue weighted by atomic mass is 10.2. The van der Waals surface area contributed by atoms with Crippen LogP contribution in [-0.2, 0) is 16.1 Å². The van der Waals surface area contributed by atoms with Crippen LogP contribution in [-0.4, -0.2) is 18.4 Å². The van der Waals surface area contributed by atoms with Gasteiger partial charge in [-0.15, -0.1) is 0 Å². The number of carbonyl (C=O) groups is 2. The number of hydrogen-bond acceptors (Lipinski definition) is 3. The highest BCUT2D eigenvalue weighted by atomic mass is 19.1. The van der Waals surface area contributed by atoms with Crippen molar-refractivity contribution in [2.24, 2.45) is 0 Å². The number of halogens is 1. The summed E-state index contributed by atoms with van der Waals surface area (Å²) in [6, 6.07) is 13.1. The van der Waals surface area contributed by atoms with Crippen molar-refractivity contribution in [1.29, 1.82) is 0 Å². The van der Waals surface area contributed by atoms with Gasteiger partial charge in [0.25, 0.3) is 0 Å². The molecule has 0 saturated carbocycles. The van der Waals surface area contributed by atoms with E-state index in [9.17, 15) is 14.0 Å². The summed E-state index contributed by atoms with van der Waals surface area (Å²) < 4.78 is 18.9. The standard InChI is InChI=1S/C18H19FN2O3/c1-2-24-16-10-6-5-9-15(16)21-18(23)11-17(22)20-12-13-7-3-4-8-14(13)19/h3-10H,2,11-12H2,1H3,(H,20,22)(H,21,23). The Kier molecular flexibility index (Phi) is 6.31. The van der Waals surface area contributed by atoms with E-state index in [2.05, 4.69) is 10.6 Å². The molecule has 6 heteroatoms. The number of hydrogen-bond donors (Lipinski definition) is 2. The van der Waals surface area contributed by atoms with Gasteiger partial charge in [-0.05, 0) is 25.1 Å². The topological polar surface area (TPSA) is 67.4 Å². The number of nitrogens with one attached hydrogen (secondary N) is 2. The summed E-state index contributed by atoms with van der Waals surface area (Å²) in [4.78, 5) is 23.8. The minimum Gasteiger partial charge on any atom is -0.492 e. The molecule has 0 aliphatic rings. The summed E-state index contributed by atoms with van der Waals surface area (Å²) in [5.41, 5.74) is 0.874. The maximum atomic E-state index is 13.5. The summed E-state index contributed by atoms with van der Waals surface area (Å²) in [7, 11) is 0. The Hall–Kier alpha value is -2.89. The lowest BCUT2D eigenvalue weighted by Gasteiger charge is -2.11. The molecule has 0 aliphatic heterocycles. The van der Waals surface area contributed by atoms with Crippen LogP contribution in [0.1, 0.15) is 18.9 Å². The monoisotopic (exact) mass is 330 g/mol. The third kappa shape index (κ3) is 5.08. The zero-order chi connectivity index (χ0) is 17.4. The number of rotatable bonds is 7. The van der Waals surface area contributed by atoms with Gasteiger partial charge in [-0.2, -0.15) is 0 Å². The first kappa shape index (κ1) is 17.5. The predicted octanol–water partition coefficient (Wildman–Crippen LogP) is 2.87. The first-order valence-electron chi connectivity index (χ1n) is 7.62. The lowest BCUT2D eigenvalue weighted by molar-refractivity contribution is -0.126. The smallest absolute Gasteiger partial charge is 0.233 e. The van der Waals surface area contributed by atoms with Crippen molar-refractivity contribution in [3.8, 4) is 5.75 Å². The Bertz CT molecular complexity index is 719. The summed E-state index contributed by atoms with van der Waals surface area (Å²) in [5, 5.41) is 5.16. The first-order valence-corrected chi connectivity index (χ1v) is 7.62. The van der Waals surface area contributed by atoms with Crippen molar-refractivity contribution in [3.63, 3.8) is 0 Å². The Morgan fingerprint density at radius 1 is 1.04 bits per heavy atom. The molecule has 126 valence electrons. The second-order valence-corrected chi connectivity index (χ2v) is 5.02. The van der Waals surface area contributed by atoms with Crippen molar-refractivity contribution < 1.29 is 18.7 Å². The molecule has 2 aromatic carbocycles. The zero-order valence-electron chi connectivity index (χ0n) is 13.3. The van der Waals surface area contributed by atoms with Crippen LogP contribution in [0.25, 0.3) is 0 Å². The molecular formula is C18H19FN2O3. The minimum atomic E-state index is -0.482. The molecule has 5 nitrogen and oxygen atoms in total. The van der Waals surface area contributed by atoms with Crippen molar-refractivity contribution in [2.45, 2.75) is 19.9 Å². The van der Waals surface area contributed by atoms with Crippen LogP contribution >= 0.6 is 0 Å². The van der Waals surface area contributed by atoms with E-state index in [-0.39, 0.29) is 13.0 Å². The molecule has 2 aromatic rings. The fourth-order valence-electron chi connectivity index (χ4n) is 2.09. The highest BCUT2D eigenvalue weighted by Crippen LogP contribution is 2.23. The molecular weight excluding hydrogens is 311 g/mol. The largest absolute Gasteiger partial charge is 0.492 e. The minimum absolute atomic E-state index is 0.0360. The van der Waals surface area contributed by atoms with Crippen molar-refractivity contribution in [1.82, 2.24) is 5.32 Å². The van der Waals surface area contributed by atoms with Gasteiger partial charge >= 0.3 is 0 Å². The van der Waals surface area contributed by atoms with Gasteiger partial charge in [0.2, 0.25) is 11.8 Å². The Balaban J connectivity index is 1.86. The molecule has 0 radical (unpaired) electrons. The van der Waals surface area contributed by atoms with Gasteiger partial charge in [0.05, 0.1) is 12.3 Å². The molecule has 0 unspecified atom stereocenters. The average Bonchev–Trinajstić information content (AvgIpc) is 2.56. The summed E-state index contributed by atoms with van der Waals surface area (Å²) in [6.45, 7) is 2.35. The van der Waals surface area contributed by atoms with Crippen LogP contribution in [0.15, 0.2) is 48.5 Å². The van der Waals surface area contributed by atoms with Crippen LogP contribution in [0.2, 0.25) is 0 Å². The second-order valence-electron chi connectivity index (χ2n) is 5.02. The third-order valence-corrected chi connectivity index (χ3v) is 3.22. The quantitative estimate of drug-likeness (QED) is 0.767. The van der Waals surface area contributed by atoms with Gasteiger partial charge in [0.1, 0.15) is 18.0 Å². The van der Waals surface area contributed by atoms with Gasteiger partial charge in [-0.1, -0.05) is 30.3 Å². The Labute approximate surface area is 139 Å². The van der Waals surface area contributed by atoms with E-state index < -0.39 is 17.6 Å². The molecule has 0 spiro atoms. The van der Waals surface area contributed by atoms with E-state index >= 15 is 0 Å². The predicted molar refractivity (Wildman–Crippen MR) is 89.1 cm³/mol. The van der Waals surface area contributed by atoms with Crippen LogP contribution in [0.3, 0.4) is 0 Å². The molecule has 0 heterocycles. The number of para-hydroxylation sites is 2.